The number of ketones is 1. The number of hydrogen-bond donors (Lipinski definition) is 0. The summed E-state index contributed by atoms with van der Waals surface area (Å²) in [4.78, 5) is 11.8. The zero-order chi connectivity index (χ0) is 12.8. The van der Waals surface area contributed by atoms with Gasteiger partial charge in [-0.1, -0.05) is 18.5 Å². The van der Waals surface area contributed by atoms with Crippen molar-refractivity contribution in [3.05, 3.63) is 22.7 Å². The fraction of sp³-hybridized carbons (Fsp3) is 0.462. The largest absolute Gasteiger partial charge is 0.493 e. The molecule has 0 radical (unpaired) electrons. The Balaban J connectivity index is 3.21. The van der Waals surface area contributed by atoms with Crippen molar-refractivity contribution in [2.45, 2.75) is 27.2 Å². The third-order valence-electron chi connectivity index (χ3n) is 2.26. The Labute approximate surface area is 107 Å². The SMILES string of the molecule is CCOc1cc(C(=O)CC)c(OCC)cc1Cl. The molecule has 0 atom stereocenters. The van der Waals surface area contributed by atoms with E-state index in [-0.39, 0.29) is 5.78 Å². The molecule has 0 fully saturated rings. The number of hydrogen-bond acceptors (Lipinski definition) is 3. The summed E-state index contributed by atoms with van der Waals surface area (Å²) in [7, 11) is 0. The molecule has 0 aliphatic carbocycles. The molecule has 3 nitrogen and oxygen atoms in total. The number of carbonyl (C=O) groups is 1. The van der Waals surface area contributed by atoms with Crippen LogP contribution in [0.25, 0.3) is 0 Å². The van der Waals surface area contributed by atoms with Gasteiger partial charge in [0.1, 0.15) is 11.5 Å². The predicted molar refractivity (Wildman–Crippen MR) is 68.4 cm³/mol. The first-order valence-electron chi connectivity index (χ1n) is 5.76. The molecule has 0 aliphatic rings. The van der Waals surface area contributed by atoms with Crippen LogP contribution < -0.4 is 9.47 Å². The molecule has 0 bridgehead atoms. The van der Waals surface area contributed by atoms with Crippen LogP contribution in [-0.2, 0) is 0 Å². The highest BCUT2D eigenvalue weighted by Crippen LogP contribution is 2.33. The first-order valence-corrected chi connectivity index (χ1v) is 6.14. The maximum absolute atomic E-state index is 11.8. The third kappa shape index (κ3) is 3.37. The van der Waals surface area contributed by atoms with Gasteiger partial charge >= 0.3 is 0 Å². The highest BCUT2D eigenvalue weighted by molar-refractivity contribution is 6.32. The van der Waals surface area contributed by atoms with Crippen molar-refractivity contribution in [1.82, 2.24) is 0 Å². The van der Waals surface area contributed by atoms with Gasteiger partial charge in [0.05, 0.1) is 23.8 Å². The van der Waals surface area contributed by atoms with E-state index >= 15 is 0 Å². The standard InChI is InChI=1S/C13H17ClO3/c1-4-11(15)9-7-13(17-6-3)10(14)8-12(9)16-5-2/h7-8H,4-6H2,1-3H3. The summed E-state index contributed by atoms with van der Waals surface area (Å²) in [5, 5.41) is 0.461. The lowest BCUT2D eigenvalue weighted by Gasteiger charge is -2.13. The number of rotatable bonds is 6. The predicted octanol–water partition coefficient (Wildman–Crippen LogP) is 3.73. The molecule has 0 saturated carbocycles. The molecule has 17 heavy (non-hydrogen) atoms. The lowest BCUT2D eigenvalue weighted by atomic mass is 10.1. The zero-order valence-electron chi connectivity index (χ0n) is 10.4. The van der Waals surface area contributed by atoms with Gasteiger partial charge in [0.25, 0.3) is 0 Å². The second-order valence-corrected chi connectivity index (χ2v) is 3.83. The van der Waals surface area contributed by atoms with Crippen molar-refractivity contribution in [1.29, 1.82) is 0 Å². The first kappa shape index (κ1) is 13.8. The number of halogens is 1. The molecule has 0 saturated heterocycles. The minimum atomic E-state index is 0.0195. The normalized spacial score (nSPS) is 10.1. The van der Waals surface area contributed by atoms with Crippen molar-refractivity contribution in [2.75, 3.05) is 13.2 Å². The van der Waals surface area contributed by atoms with Crippen molar-refractivity contribution < 1.29 is 14.3 Å². The minimum absolute atomic E-state index is 0.0195. The van der Waals surface area contributed by atoms with E-state index in [4.69, 9.17) is 21.1 Å². The van der Waals surface area contributed by atoms with Crippen LogP contribution in [0.1, 0.15) is 37.6 Å². The van der Waals surface area contributed by atoms with E-state index < -0.39 is 0 Å². The third-order valence-corrected chi connectivity index (χ3v) is 2.55. The highest BCUT2D eigenvalue weighted by atomic mass is 35.5. The van der Waals surface area contributed by atoms with E-state index in [9.17, 15) is 4.79 Å². The van der Waals surface area contributed by atoms with Gasteiger partial charge in [0.15, 0.2) is 5.78 Å². The van der Waals surface area contributed by atoms with Gasteiger partial charge in [-0.3, -0.25) is 4.79 Å². The van der Waals surface area contributed by atoms with E-state index in [1.54, 1.807) is 12.1 Å². The Morgan fingerprint density at radius 2 is 1.71 bits per heavy atom. The Morgan fingerprint density at radius 1 is 1.12 bits per heavy atom. The van der Waals surface area contributed by atoms with E-state index in [2.05, 4.69) is 0 Å². The van der Waals surface area contributed by atoms with Crippen molar-refractivity contribution in [2.24, 2.45) is 0 Å². The molecule has 1 aromatic rings. The average molecular weight is 257 g/mol. The summed E-state index contributed by atoms with van der Waals surface area (Å²) in [5.41, 5.74) is 0.530. The van der Waals surface area contributed by atoms with Crippen LogP contribution in [0.5, 0.6) is 11.5 Å². The Bertz CT molecular complexity index is 402. The Hall–Kier alpha value is -1.22. The smallest absolute Gasteiger partial charge is 0.166 e. The van der Waals surface area contributed by atoms with Crippen LogP contribution in [0, 0.1) is 0 Å². The van der Waals surface area contributed by atoms with Gasteiger partial charge in [0.2, 0.25) is 0 Å². The summed E-state index contributed by atoms with van der Waals surface area (Å²) in [6.45, 7) is 6.55. The van der Waals surface area contributed by atoms with Gasteiger partial charge in [-0.05, 0) is 19.9 Å². The van der Waals surface area contributed by atoms with E-state index in [1.807, 2.05) is 20.8 Å². The van der Waals surface area contributed by atoms with Crippen molar-refractivity contribution in [3.63, 3.8) is 0 Å². The minimum Gasteiger partial charge on any atom is -0.493 e. The molecule has 1 rings (SSSR count). The van der Waals surface area contributed by atoms with E-state index in [0.29, 0.717) is 41.7 Å². The number of carbonyl (C=O) groups excluding carboxylic acids is 1. The van der Waals surface area contributed by atoms with E-state index in [0.717, 1.165) is 0 Å². The summed E-state index contributed by atoms with van der Waals surface area (Å²) in [6.07, 6.45) is 0.424. The molecule has 0 aromatic heterocycles. The molecular weight excluding hydrogens is 240 g/mol. The van der Waals surface area contributed by atoms with E-state index in [1.165, 1.54) is 0 Å². The van der Waals surface area contributed by atoms with Gasteiger partial charge in [-0.25, -0.2) is 0 Å². The molecule has 0 N–H and O–H groups in total. The van der Waals surface area contributed by atoms with Crippen LogP contribution >= 0.6 is 11.6 Å². The molecule has 0 unspecified atom stereocenters. The molecule has 94 valence electrons. The van der Waals surface area contributed by atoms with Crippen molar-refractivity contribution >= 4 is 17.4 Å². The highest BCUT2D eigenvalue weighted by Gasteiger charge is 2.15. The van der Waals surface area contributed by atoms with Crippen LogP contribution in [0.15, 0.2) is 12.1 Å². The second kappa shape index (κ2) is 6.50. The molecule has 4 heteroatoms. The molecular formula is C13H17ClO3. The number of benzene rings is 1. The van der Waals surface area contributed by atoms with Crippen LogP contribution in [0.3, 0.4) is 0 Å². The second-order valence-electron chi connectivity index (χ2n) is 3.42. The maximum Gasteiger partial charge on any atom is 0.166 e. The number of ether oxygens (including phenoxy) is 2. The first-order chi connectivity index (χ1) is 8.13. The monoisotopic (exact) mass is 256 g/mol. The Morgan fingerprint density at radius 3 is 2.24 bits per heavy atom. The van der Waals surface area contributed by atoms with Gasteiger partial charge in [0, 0.05) is 12.5 Å². The van der Waals surface area contributed by atoms with Gasteiger partial charge in [-0.15, -0.1) is 0 Å². The fourth-order valence-electron chi connectivity index (χ4n) is 1.48. The molecule has 0 amide bonds. The average Bonchev–Trinajstić information content (AvgIpc) is 2.32. The van der Waals surface area contributed by atoms with Gasteiger partial charge in [-0.2, -0.15) is 0 Å². The molecule has 0 heterocycles. The maximum atomic E-state index is 11.8. The molecule has 0 spiro atoms. The quantitative estimate of drug-likeness (QED) is 0.728. The lowest BCUT2D eigenvalue weighted by molar-refractivity contribution is 0.0984. The summed E-state index contributed by atoms with van der Waals surface area (Å²) in [6, 6.07) is 3.29. The van der Waals surface area contributed by atoms with Crippen LogP contribution in [0.4, 0.5) is 0 Å². The summed E-state index contributed by atoms with van der Waals surface area (Å²) < 4.78 is 10.8. The number of Topliss-reactive ketones (excluding diaryl/α,β-unsaturated/α-hetero) is 1. The topological polar surface area (TPSA) is 35.5 Å². The van der Waals surface area contributed by atoms with Gasteiger partial charge < -0.3 is 9.47 Å². The molecule has 0 aliphatic heterocycles. The van der Waals surface area contributed by atoms with Crippen LogP contribution in [0.2, 0.25) is 5.02 Å². The lowest BCUT2D eigenvalue weighted by Crippen LogP contribution is -2.04. The summed E-state index contributed by atoms with van der Waals surface area (Å²) >= 11 is 6.05. The zero-order valence-corrected chi connectivity index (χ0v) is 11.1. The summed E-state index contributed by atoms with van der Waals surface area (Å²) in [5.74, 6) is 1.06. The van der Waals surface area contributed by atoms with Crippen LogP contribution in [-0.4, -0.2) is 19.0 Å². The Kier molecular flexibility index (Phi) is 5.29. The van der Waals surface area contributed by atoms with Crippen molar-refractivity contribution in [3.8, 4) is 11.5 Å². The fourth-order valence-corrected chi connectivity index (χ4v) is 1.69. The molecule has 1 aromatic carbocycles.